The molecule has 3 amide bonds. The highest BCUT2D eigenvalue weighted by Gasteiger charge is 2.34. The lowest BCUT2D eigenvalue weighted by Crippen LogP contribution is -2.47. The summed E-state index contributed by atoms with van der Waals surface area (Å²) in [5, 5.41) is 8.83. The molecule has 2 aromatic rings. The normalized spacial score (nSPS) is 15.1. The zero-order chi connectivity index (χ0) is 24.5. The molecular formula is C25H31FN4O4. The second-order valence-electron chi connectivity index (χ2n) is 7.93. The fraction of sp³-hybridized carbons (Fsp3) is 0.400. The number of nitrogens with zero attached hydrogens (tertiary/aromatic N) is 3. The van der Waals surface area contributed by atoms with Crippen LogP contribution in [-0.2, 0) is 9.53 Å². The summed E-state index contributed by atoms with van der Waals surface area (Å²) in [5.41, 5.74) is 2.35. The number of carbonyl (C=O) groups excluding carboxylic acids is 2. The predicted molar refractivity (Wildman–Crippen MR) is 127 cm³/mol. The summed E-state index contributed by atoms with van der Waals surface area (Å²) in [4.78, 5) is 27.4. The quantitative estimate of drug-likeness (QED) is 0.575. The van der Waals surface area contributed by atoms with Crippen LogP contribution in [-0.4, -0.2) is 68.0 Å². The SMILES string of the molecule is CCCNC(=O)N(CCOC)CC(=O)N1N=C(c2ccc(OC)cc2)C[C@H]1c1ccc(F)cc1. The number of rotatable bonds is 10. The molecule has 9 heteroatoms. The van der Waals surface area contributed by atoms with Crippen LogP contribution < -0.4 is 10.1 Å². The number of amides is 3. The van der Waals surface area contributed by atoms with Crippen molar-refractivity contribution in [3.8, 4) is 5.75 Å². The molecule has 0 saturated carbocycles. The molecular weight excluding hydrogens is 439 g/mol. The first-order valence-electron chi connectivity index (χ1n) is 11.3. The number of methoxy groups -OCH3 is 2. The van der Waals surface area contributed by atoms with Crippen LogP contribution in [0.5, 0.6) is 5.75 Å². The van der Waals surface area contributed by atoms with Crippen LogP contribution in [0.4, 0.5) is 9.18 Å². The number of hydrogen-bond donors (Lipinski definition) is 1. The summed E-state index contributed by atoms with van der Waals surface area (Å²) in [6.07, 6.45) is 1.25. The minimum Gasteiger partial charge on any atom is -0.497 e. The smallest absolute Gasteiger partial charge is 0.317 e. The first-order chi connectivity index (χ1) is 16.5. The van der Waals surface area contributed by atoms with Gasteiger partial charge in [0.1, 0.15) is 18.1 Å². The minimum atomic E-state index is -0.409. The van der Waals surface area contributed by atoms with E-state index in [1.54, 1.807) is 26.4 Å². The molecule has 0 spiro atoms. The molecule has 0 aromatic heterocycles. The van der Waals surface area contributed by atoms with Gasteiger partial charge in [0.05, 0.1) is 25.5 Å². The topological polar surface area (TPSA) is 83.5 Å². The predicted octanol–water partition coefficient (Wildman–Crippen LogP) is 3.58. The third kappa shape index (κ3) is 6.32. The lowest BCUT2D eigenvalue weighted by Gasteiger charge is -2.27. The van der Waals surface area contributed by atoms with Crippen molar-refractivity contribution in [1.82, 2.24) is 15.2 Å². The maximum Gasteiger partial charge on any atom is 0.317 e. The van der Waals surface area contributed by atoms with Crippen molar-refractivity contribution in [1.29, 1.82) is 0 Å². The number of benzene rings is 2. The van der Waals surface area contributed by atoms with Gasteiger partial charge in [0.2, 0.25) is 0 Å². The monoisotopic (exact) mass is 470 g/mol. The third-order valence-electron chi connectivity index (χ3n) is 5.55. The Hall–Kier alpha value is -3.46. The Morgan fingerprint density at radius 1 is 1.15 bits per heavy atom. The van der Waals surface area contributed by atoms with Gasteiger partial charge in [-0.25, -0.2) is 14.2 Å². The number of urea groups is 1. The van der Waals surface area contributed by atoms with E-state index in [4.69, 9.17) is 9.47 Å². The van der Waals surface area contributed by atoms with E-state index in [2.05, 4.69) is 10.4 Å². The standard InChI is InChI=1S/C25H31FN4O4/c1-4-13-27-25(32)29(14-15-33-2)17-24(31)30-23(19-5-9-20(26)10-6-19)16-22(28-30)18-7-11-21(34-3)12-8-18/h5-12,23H,4,13-17H2,1-3H3,(H,27,32)/t23-/m0/s1. The first-order valence-corrected chi connectivity index (χ1v) is 11.3. The molecule has 1 N–H and O–H groups in total. The van der Waals surface area contributed by atoms with Crippen molar-refractivity contribution in [3.63, 3.8) is 0 Å². The first kappa shape index (κ1) is 25.2. The van der Waals surface area contributed by atoms with E-state index in [0.717, 1.165) is 29.0 Å². The fourth-order valence-electron chi connectivity index (χ4n) is 3.68. The summed E-state index contributed by atoms with van der Waals surface area (Å²) in [7, 11) is 3.14. The van der Waals surface area contributed by atoms with Crippen molar-refractivity contribution in [2.45, 2.75) is 25.8 Å². The average Bonchev–Trinajstić information content (AvgIpc) is 3.31. The van der Waals surface area contributed by atoms with E-state index >= 15 is 0 Å². The van der Waals surface area contributed by atoms with Crippen LogP contribution in [0.2, 0.25) is 0 Å². The highest BCUT2D eigenvalue weighted by Crippen LogP contribution is 2.33. The van der Waals surface area contributed by atoms with E-state index in [-0.39, 0.29) is 30.8 Å². The lowest BCUT2D eigenvalue weighted by atomic mass is 9.98. The molecule has 1 aliphatic rings. The minimum absolute atomic E-state index is 0.157. The summed E-state index contributed by atoms with van der Waals surface area (Å²) in [6, 6.07) is 12.7. The van der Waals surface area contributed by atoms with Crippen molar-refractivity contribution in [2.75, 3.05) is 40.5 Å². The molecule has 1 heterocycles. The van der Waals surface area contributed by atoms with Crippen LogP contribution in [0, 0.1) is 5.82 Å². The molecule has 0 saturated heterocycles. The van der Waals surface area contributed by atoms with E-state index in [1.165, 1.54) is 22.0 Å². The number of hydrazone groups is 1. The molecule has 2 aromatic carbocycles. The van der Waals surface area contributed by atoms with Gasteiger partial charge >= 0.3 is 6.03 Å². The molecule has 1 atom stereocenters. The molecule has 0 unspecified atom stereocenters. The number of carbonyl (C=O) groups is 2. The number of halogens is 1. The van der Waals surface area contributed by atoms with Gasteiger partial charge < -0.3 is 19.7 Å². The molecule has 0 bridgehead atoms. The van der Waals surface area contributed by atoms with Gasteiger partial charge in [-0.3, -0.25) is 4.79 Å². The van der Waals surface area contributed by atoms with E-state index in [0.29, 0.717) is 19.6 Å². The molecule has 1 aliphatic heterocycles. The van der Waals surface area contributed by atoms with E-state index in [9.17, 15) is 14.0 Å². The molecule has 182 valence electrons. The van der Waals surface area contributed by atoms with E-state index < -0.39 is 6.04 Å². The second kappa shape index (κ2) is 12.1. The summed E-state index contributed by atoms with van der Waals surface area (Å²) in [6.45, 7) is 2.88. The molecule has 0 aliphatic carbocycles. The van der Waals surface area contributed by atoms with Gasteiger partial charge in [0.25, 0.3) is 5.91 Å². The Kier molecular flexibility index (Phi) is 8.98. The summed E-state index contributed by atoms with van der Waals surface area (Å²) in [5.74, 6) is 0.0343. The molecule has 34 heavy (non-hydrogen) atoms. The van der Waals surface area contributed by atoms with Crippen molar-refractivity contribution >= 4 is 17.6 Å². The molecule has 3 rings (SSSR count). The van der Waals surface area contributed by atoms with Crippen LogP contribution in [0.3, 0.4) is 0 Å². The van der Waals surface area contributed by atoms with Gasteiger partial charge in [0, 0.05) is 26.6 Å². The van der Waals surface area contributed by atoms with Gasteiger partial charge in [-0.1, -0.05) is 19.1 Å². The van der Waals surface area contributed by atoms with Gasteiger partial charge in [-0.15, -0.1) is 0 Å². The van der Waals surface area contributed by atoms with Crippen molar-refractivity contribution in [3.05, 3.63) is 65.5 Å². The zero-order valence-electron chi connectivity index (χ0n) is 19.8. The molecule has 8 nitrogen and oxygen atoms in total. The van der Waals surface area contributed by atoms with Crippen LogP contribution in [0.15, 0.2) is 53.6 Å². The Bertz CT molecular complexity index is 995. The lowest BCUT2D eigenvalue weighted by molar-refractivity contribution is -0.133. The largest absolute Gasteiger partial charge is 0.497 e. The van der Waals surface area contributed by atoms with Crippen LogP contribution in [0.25, 0.3) is 0 Å². The maximum atomic E-state index is 13.5. The maximum absolute atomic E-state index is 13.5. The third-order valence-corrected chi connectivity index (χ3v) is 5.55. The Morgan fingerprint density at radius 2 is 1.85 bits per heavy atom. The Balaban J connectivity index is 1.86. The number of hydrogen-bond acceptors (Lipinski definition) is 5. The zero-order valence-corrected chi connectivity index (χ0v) is 19.8. The average molecular weight is 471 g/mol. The van der Waals surface area contributed by atoms with Crippen molar-refractivity contribution in [2.24, 2.45) is 5.10 Å². The number of ether oxygens (including phenoxy) is 2. The highest BCUT2D eigenvalue weighted by molar-refractivity contribution is 6.03. The van der Waals surface area contributed by atoms with Crippen LogP contribution >= 0.6 is 0 Å². The summed E-state index contributed by atoms with van der Waals surface area (Å²) < 4.78 is 23.9. The highest BCUT2D eigenvalue weighted by atomic mass is 19.1. The second-order valence-corrected chi connectivity index (χ2v) is 7.93. The van der Waals surface area contributed by atoms with E-state index in [1.807, 2.05) is 31.2 Å². The van der Waals surface area contributed by atoms with Crippen molar-refractivity contribution < 1.29 is 23.5 Å². The molecule has 0 fully saturated rings. The van der Waals surface area contributed by atoms with Gasteiger partial charge in [-0.05, 0) is 53.9 Å². The van der Waals surface area contributed by atoms with Gasteiger partial charge in [-0.2, -0.15) is 5.10 Å². The van der Waals surface area contributed by atoms with Crippen LogP contribution in [0.1, 0.15) is 36.9 Å². The summed E-state index contributed by atoms with van der Waals surface area (Å²) >= 11 is 0. The van der Waals surface area contributed by atoms with Gasteiger partial charge in [0.15, 0.2) is 0 Å². The molecule has 0 radical (unpaired) electrons. The fourth-order valence-corrected chi connectivity index (χ4v) is 3.68. The number of nitrogens with one attached hydrogen (secondary N) is 1. The Labute approximate surface area is 199 Å². The Morgan fingerprint density at radius 3 is 2.47 bits per heavy atom.